The molecule has 0 aliphatic carbocycles. The Hall–Kier alpha value is -5.70. The quantitative estimate of drug-likeness (QED) is 0.171. The summed E-state index contributed by atoms with van der Waals surface area (Å²) in [7, 11) is 8.23. The second-order valence-corrected chi connectivity index (χ2v) is 15.5. The number of fused-ring (bicyclic) bond motifs is 2. The monoisotopic (exact) mass is 674 g/mol. The molecule has 2 aromatic heterocycles. The van der Waals surface area contributed by atoms with E-state index in [2.05, 4.69) is 177 Å². The zero-order chi connectivity index (χ0) is 33.2. The molecule has 0 unspecified atom stereocenters. The Morgan fingerprint density at radius 3 is 1.12 bits per heavy atom. The Morgan fingerprint density at radius 2 is 0.740 bits per heavy atom. The smallest absolute Gasteiger partial charge is 0.401 e. The van der Waals surface area contributed by atoms with Gasteiger partial charge < -0.3 is 7.10 Å². The molecule has 234 valence electrons. The van der Waals surface area contributed by atoms with Crippen molar-refractivity contribution in [3.8, 4) is 0 Å². The van der Waals surface area contributed by atoms with Gasteiger partial charge in [0.2, 0.25) is 0 Å². The second kappa shape index (κ2) is 11.7. The molecule has 0 fully saturated rings. The fourth-order valence-corrected chi connectivity index (χ4v) is 11.0. The van der Waals surface area contributed by atoms with E-state index in [-0.39, 0.29) is 0 Å². The van der Waals surface area contributed by atoms with E-state index in [9.17, 15) is 0 Å². The van der Waals surface area contributed by atoms with Gasteiger partial charge in [-0.15, -0.1) is 0 Å². The van der Waals surface area contributed by atoms with Gasteiger partial charge in [-0.05, 0) is 70.8 Å². The zero-order valence-corrected chi connectivity index (χ0v) is 28.8. The molecule has 0 atom stereocenters. The van der Waals surface area contributed by atoms with Crippen LogP contribution in [-0.2, 0) is 0 Å². The zero-order valence-electron chi connectivity index (χ0n) is 26.9. The minimum Gasteiger partial charge on any atom is -0.401 e. The maximum absolute atomic E-state index is 8.23. The van der Waals surface area contributed by atoms with E-state index >= 15 is 0 Å². The molecule has 50 heavy (non-hydrogen) atoms. The fourth-order valence-electron chi connectivity index (χ4n) is 7.69. The highest BCUT2D eigenvalue weighted by atomic mass is 35.6. The maximum atomic E-state index is 8.23. The minimum atomic E-state index is -2.68. The van der Waals surface area contributed by atoms with Crippen LogP contribution in [0.15, 0.2) is 191 Å². The lowest BCUT2D eigenvalue weighted by atomic mass is 10.0. The third-order valence-corrected chi connectivity index (χ3v) is 13.0. The van der Waals surface area contributed by atoms with Crippen LogP contribution >= 0.6 is 10.0 Å². The van der Waals surface area contributed by atoms with Crippen LogP contribution in [-0.4, -0.2) is 32.2 Å². The average molecular weight is 675 g/mol. The Kier molecular flexibility index (Phi) is 6.86. The summed E-state index contributed by atoms with van der Waals surface area (Å²) in [5, 5.41) is 2.08. The molecule has 0 radical (unpaired) electrons. The van der Waals surface area contributed by atoms with Gasteiger partial charge in [0.25, 0.3) is 0 Å². The van der Waals surface area contributed by atoms with Crippen molar-refractivity contribution in [2.24, 2.45) is 9.98 Å². The molecule has 6 heterocycles. The summed E-state index contributed by atoms with van der Waals surface area (Å²) < 4.78 is 4.84. The van der Waals surface area contributed by atoms with Gasteiger partial charge in [0, 0.05) is 44.4 Å². The molecule has 0 N–H and O–H groups in total. The van der Waals surface area contributed by atoms with Crippen LogP contribution in [0.3, 0.4) is 0 Å². The standard InChI is InChI=1S/C44H28N4.Al.ClH/c1-5-13-29(14-6-1)41-33-21-23-35(45-33)42(30-15-7-2-8-16-30)37-25-27-39(47-37)44(32-19-11-4-12-20-32)40-28-26-38(48-40)43(31-17-9-3-10-18-31)36-24-22-34(41)46-36;;/h1-28H;;1H/q-2;+3;/p-1. The molecule has 6 heteroatoms. The van der Waals surface area contributed by atoms with Crippen molar-refractivity contribution < 1.29 is 0 Å². The largest absolute Gasteiger partial charge is 0.717 e. The topological polar surface area (TPSA) is 34.6 Å². The predicted octanol–water partition coefficient (Wildman–Crippen LogP) is 7.88. The van der Waals surface area contributed by atoms with Crippen LogP contribution in [0, 0.1) is 0 Å². The van der Waals surface area contributed by atoms with Crippen LogP contribution in [0.1, 0.15) is 33.6 Å². The van der Waals surface area contributed by atoms with Crippen molar-refractivity contribution in [3.05, 3.63) is 226 Å². The van der Waals surface area contributed by atoms with E-state index in [1.807, 2.05) is 0 Å². The first kappa shape index (κ1) is 29.2. The molecular weight excluding hydrogens is 647 g/mol. The summed E-state index contributed by atoms with van der Waals surface area (Å²) in [5.41, 5.74) is 14.3. The molecule has 4 nitrogen and oxygen atoms in total. The van der Waals surface area contributed by atoms with Crippen molar-refractivity contribution >= 4 is 57.4 Å². The van der Waals surface area contributed by atoms with Crippen molar-refractivity contribution in [3.63, 3.8) is 0 Å². The molecule has 4 aliphatic rings. The SMILES string of the molecule is [Cl][Al]1[n]2c3ccc2C(c2ccccc2)=C2C=CC(=N2)C(c2ccccc2)=c2ccc([n]21)=C(c1ccccc1)C1=NC(=C3c2ccccc2)C=C1. The van der Waals surface area contributed by atoms with Crippen molar-refractivity contribution in [1.29, 1.82) is 0 Å². The first-order chi connectivity index (χ1) is 24.7. The lowest BCUT2D eigenvalue weighted by Crippen LogP contribution is -2.46. The van der Waals surface area contributed by atoms with Gasteiger partial charge >= 0.3 is 13.7 Å². The third kappa shape index (κ3) is 4.52. The van der Waals surface area contributed by atoms with Crippen LogP contribution in [0.25, 0.3) is 22.3 Å². The predicted molar refractivity (Wildman–Crippen MR) is 206 cm³/mol. The number of benzene rings is 4. The van der Waals surface area contributed by atoms with Gasteiger partial charge in [0.1, 0.15) is 0 Å². The molecule has 0 spiro atoms. The summed E-state index contributed by atoms with van der Waals surface area (Å²) in [6, 6.07) is 51.2. The molecular formula is C44H28AlClN4. The number of aromatic nitrogens is 2. The molecule has 4 aliphatic heterocycles. The van der Waals surface area contributed by atoms with Crippen molar-refractivity contribution in [1.82, 2.24) is 7.10 Å². The Bertz CT molecular complexity index is 2490. The van der Waals surface area contributed by atoms with Gasteiger partial charge in [0.05, 0.1) is 22.8 Å². The van der Waals surface area contributed by atoms with Gasteiger partial charge in [-0.2, -0.15) is 10.0 Å². The number of allylic oxidation sites excluding steroid dienone is 4. The van der Waals surface area contributed by atoms with E-state index in [1.165, 1.54) is 0 Å². The summed E-state index contributed by atoms with van der Waals surface area (Å²) in [4.78, 5) is 10.9. The molecule has 10 rings (SSSR count). The Labute approximate surface area is 298 Å². The van der Waals surface area contributed by atoms with Gasteiger partial charge in [-0.3, -0.25) is 0 Å². The second-order valence-electron chi connectivity index (χ2n) is 12.7. The lowest BCUT2D eigenvalue weighted by Gasteiger charge is -2.24. The first-order valence-corrected chi connectivity index (χ1v) is 19.6. The van der Waals surface area contributed by atoms with Crippen molar-refractivity contribution in [2.45, 2.75) is 0 Å². The summed E-state index contributed by atoms with van der Waals surface area (Å²) in [5.74, 6) is 0. The van der Waals surface area contributed by atoms with E-state index in [1.54, 1.807) is 0 Å². The van der Waals surface area contributed by atoms with Gasteiger partial charge in [-0.1, -0.05) is 121 Å². The Balaban J connectivity index is 1.45. The molecule has 0 saturated carbocycles. The number of aliphatic imine (C=N–C) groups is 2. The molecule has 6 bridgehead atoms. The third-order valence-electron chi connectivity index (χ3n) is 9.84. The number of hydrogen-bond acceptors (Lipinski definition) is 2. The highest BCUT2D eigenvalue weighted by Gasteiger charge is 2.37. The summed E-state index contributed by atoms with van der Waals surface area (Å²) >= 11 is -2.68. The lowest BCUT2D eigenvalue weighted by molar-refractivity contribution is 1.01. The minimum absolute atomic E-state index is 0.919. The van der Waals surface area contributed by atoms with Crippen molar-refractivity contribution in [2.75, 3.05) is 0 Å². The number of hydrogen-bond donors (Lipinski definition) is 0. The Morgan fingerprint density at radius 1 is 0.380 bits per heavy atom. The van der Waals surface area contributed by atoms with E-state index < -0.39 is 13.7 Å². The van der Waals surface area contributed by atoms with Crippen LogP contribution in [0.2, 0.25) is 0 Å². The number of halogens is 1. The first-order valence-electron chi connectivity index (χ1n) is 16.8. The average Bonchev–Trinajstić information content (AvgIpc) is 3.99. The fraction of sp³-hybridized carbons (Fsp3) is 0. The molecule has 4 aromatic carbocycles. The normalized spacial score (nSPS) is 15.9. The van der Waals surface area contributed by atoms with Gasteiger partial charge in [-0.25, -0.2) is 9.98 Å². The van der Waals surface area contributed by atoms with Gasteiger partial charge in [0.15, 0.2) is 0 Å². The molecule has 0 amide bonds. The molecule has 0 saturated heterocycles. The van der Waals surface area contributed by atoms with E-state index in [0.717, 1.165) is 89.4 Å². The van der Waals surface area contributed by atoms with Crippen LogP contribution in [0.5, 0.6) is 0 Å². The number of nitrogens with zero attached hydrogens (tertiary/aromatic N) is 4. The number of rotatable bonds is 4. The highest BCUT2D eigenvalue weighted by Crippen LogP contribution is 2.39. The van der Waals surface area contributed by atoms with E-state index in [0.29, 0.717) is 0 Å². The van der Waals surface area contributed by atoms with E-state index in [4.69, 9.17) is 20.0 Å². The highest BCUT2D eigenvalue weighted by molar-refractivity contribution is 7.05. The van der Waals surface area contributed by atoms with Crippen LogP contribution < -0.4 is 10.7 Å². The summed E-state index contributed by atoms with van der Waals surface area (Å²) in [6.45, 7) is 0. The van der Waals surface area contributed by atoms with Crippen LogP contribution in [0.4, 0.5) is 0 Å². The molecule has 6 aromatic rings. The summed E-state index contributed by atoms with van der Waals surface area (Å²) in [6.07, 6.45) is 8.64. The maximum Gasteiger partial charge on any atom is 0.717 e.